The molecule has 30 heavy (non-hydrogen) atoms. The van der Waals surface area contributed by atoms with E-state index in [1.165, 1.54) is 7.05 Å². The molecule has 0 radical (unpaired) electrons. The minimum absolute atomic E-state index is 0.332. The predicted octanol–water partition coefficient (Wildman–Crippen LogP) is 3.05. The smallest absolute Gasteiger partial charge is 0.243 e. The first kappa shape index (κ1) is 22.1. The number of amides is 1. The van der Waals surface area contributed by atoms with Gasteiger partial charge in [0.2, 0.25) is 15.9 Å². The number of ether oxygens (including phenoxy) is 2. The van der Waals surface area contributed by atoms with Gasteiger partial charge in [0.25, 0.3) is 0 Å². The molecular formula is C22H28N2O5S. The first-order valence-corrected chi connectivity index (χ1v) is 11.5. The lowest BCUT2D eigenvalue weighted by molar-refractivity contribution is -0.126. The summed E-state index contributed by atoms with van der Waals surface area (Å²) in [6.07, 6.45) is 1.64. The van der Waals surface area contributed by atoms with Crippen molar-refractivity contribution in [1.82, 2.24) is 9.62 Å². The van der Waals surface area contributed by atoms with Crippen molar-refractivity contribution in [2.45, 2.75) is 38.0 Å². The van der Waals surface area contributed by atoms with Gasteiger partial charge in [0.1, 0.15) is 23.1 Å². The van der Waals surface area contributed by atoms with Gasteiger partial charge in [-0.2, -0.15) is 4.31 Å². The third-order valence-corrected chi connectivity index (χ3v) is 6.50. The molecule has 2 aromatic carbocycles. The Morgan fingerprint density at radius 1 is 1.23 bits per heavy atom. The Morgan fingerprint density at radius 3 is 2.50 bits per heavy atom. The van der Waals surface area contributed by atoms with Crippen molar-refractivity contribution in [1.29, 1.82) is 0 Å². The van der Waals surface area contributed by atoms with Gasteiger partial charge in [-0.1, -0.05) is 30.3 Å². The van der Waals surface area contributed by atoms with E-state index < -0.39 is 27.6 Å². The van der Waals surface area contributed by atoms with Gasteiger partial charge < -0.3 is 14.8 Å². The van der Waals surface area contributed by atoms with Crippen molar-refractivity contribution in [3.8, 4) is 11.5 Å². The highest BCUT2D eigenvalue weighted by atomic mass is 32.2. The Bertz CT molecular complexity index is 1020. The number of sulfonamides is 1. The van der Waals surface area contributed by atoms with Crippen LogP contribution in [0.2, 0.25) is 0 Å². The zero-order valence-electron chi connectivity index (χ0n) is 17.9. The van der Waals surface area contributed by atoms with E-state index in [2.05, 4.69) is 5.32 Å². The largest absolute Gasteiger partial charge is 0.497 e. The van der Waals surface area contributed by atoms with E-state index in [4.69, 9.17) is 9.47 Å². The summed E-state index contributed by atoms with van der Waals surface area (Å²) in [5.41, 5.74) is 0.920. The van der Waals surface area contributed by atoms with Gasteiger partial charge in [-0.05, 0) is 31.5 Å². The second-order valence-corrected chi connectivity index (χ2v) is 10.2. The topological polar surface area (TPSA) is 84.9 Å². The van der Waals surface area contributed by atoms with Crippen LogP contribution < -0.4 is 14.8 Å². The lowest BCUT2D eigenvalue weighted by Gasteiger charge is -2.39. The van der Waals surface area contributed by atoms with Crippen molar-refractivity contribution in [2.75, 3.05) is 20.4 Å². The molecule has 0 fully saturated rings. The Kier molecular flexibility index (Phi) is 6.10. The van der Waals surface area contributed by atoms with Crippen LogP contribution in [0.15, 0.2) is 48.5 Å². The monoisotopic (exact) mass is 432 g/mol. The molecule has 2 unspecified atom stereocenters. The van der Waals surface area contributed by atoms with Crippen LogP contribution in [0.25, 0.3) is 0 Å². The molecule has 0 bridgehead atoms. The number of hydrogen-bond acceptors (Lipinski definition) is 5. The average molecular weight is 433 g/mol. The molecule has 0 spiro atoms. The van der Waals surface area contributed by atoms with Gasteiger partial charge in [0.15, 0.2) is 0 Å². The molecule has 162 valence electrons. The second kappa shape index (κ2) is 8.28. The summed E-state index contributed by atoms with van der Waals surface area (Å²) in [5.74, 6) is 0.915. The van der Waals surface area contributed by atoms with Gasteiger partial charge in [-0.25, -0.2) is 8.42 Å². The van der Waals surface area contributed by atoms with Gasteiger partial charge >= 0.3 is 0 Å². The standard InChI is InChI=1S/C22H28N2O5S/c1-22(2)14-18(17-12-11-16(28-4)13-19(17)29-22)23-21(25)20(24(3)30(5,26)27)15-9-7-6-8-10-15/h6-13,18,20H,14H2,1-5H3,(H,23,25). The van der Waals surface area contributed by atoms with E-state index in [-0.39, 0.29) is 6.04 Å². The number of carbonyl (C=O) groups excluding carboxylic acids is 1. The summed E-state index contributed by atoms with van der Waals surface area (Å²) in [4.78, 5) is 13.4. The molecule has 1 heterocycles. The average Bonchev–Trinajstić information content (AvgIpc) is 2.66. The number of benzene rings is 2. The quantitative estimate of drug-likeness (QED) is 0.758. The predicted molar refractivity (Wildman–Crippen MR) is 115 cm³/mol. The molecule has 2 atom stereocenters. The molecule has 2 aromatic rings. The highest BCUT2D eigenvalue weighted by molar-refractivity contribution is 7.88. The van der Waals surface area contributed by atoms with Crippen molar-refractivity contribution in [2.24, 2.45) is 0 Å². The second-order valence-electron chi connectivity index (χ2n) is 8.12. The first-order valence-electron chi connectivity index (χ1n) is 9.67. The van der Waals surface area contributed by atoms with Crippen LogP contribution in [0.3, 0.4) is 0 Å². The summed E-state index contributed by atoms with van der Waals surface area (Å²) in [6, 6.07) is 13.1. The minimum Gasteiger partial charge on any atom is -0.497 e. The molecule has 0 aliphatic carbocycles. The van der Waals surface area contributed by atoms with Gasteiger partial charge in [0.05, 0.1) is 19.4 Å². The van der Waals surface area contributed by atoms with E-state index in [0.717, 1.165) is 16.1 Å². The molecule has 0 aromatic heterocycles. The Labute approximate surface area is 178 Å². The Morgan fingerprint density at radius 2 is 1.90 bits per heavy atom. The number of rotatable bonds is 6. The molecule has 8 heteroatoms. The summed E-state index contributed by atoms with van der Waals surface area (Å²) in [6.45, 7) is 3.90. The van der Waals surface area contributed by atoms with Crippen LogP contribution >= 0.6 is 0 Å². The fraction of sp³-hybridized carbons (Fsp3) is 0.409. The summed E-state index contributed by atoms with van der Waals surface area (Å²) >= 11 is 0. The van der Waals surface area contributed by atoms with E-state index in [1.54, 1.807) is 37.4 Å². The summed E-state index contributed by atoms with van der Waals surface area (Å²) < 4.78 is 36.9. The molecule has 1 aliphatic rings. The van der Waals surface area contributed by atoms with Crippen LogP contribution in [0, 0.1) is 0 Å². The number of nitrogens with one attached hydrogen (secondary N) is 1. The highest BCUT2D eigenvalue weighted by Gasteiger charge is 2.38. The number of likely N-dealkylation sites (N-methyl/N-ethyl adjacent to an activating group) is 1. The third-order valence-electron chi connectivity index (χ3n) is 5.24. The van der Waals surface area contributed by atoms with Crippen molar-refractivity contribution in [3.63, 3.8) is 0 Å². The highest BCUT2D eigenvalue weighted by Crippen LogP contribution is 2.41. The SMILES string of the molecule is COc1ccc2c(c1)OC(C)(C)CC2NC(=O)C(c1ccccc1)N(C)S(C)(=O)=O. The Hall–Kier alpha value is -2.58. The third kappa shape index (κ3) is 4.76. The van der Waals surface area contributed by atoms with Crippen molar-refractivity contribution >= 4 is 15.9 Å². The normalized spacial score (nSPS) is 18.8. The van der Waals surface area contributed by atoms with Crippen LogP contribution in [0.5, 0.6) is 11.5 Å². The molecule has 0 saturated carbocycles. The van der Waals surface area contributed by atoms with Crippen LogP contribution in [-0.4, -0.2) is 44.6 Å². The fourth-order valence-corrected chi connectivity index (χ4v) is 4.29. The number of carbonyl (C=O) groups is 1. The van der Waals surface area contributed by atoms with Crippen LogP contribution in [0.4, 0.5) is 0 Å². The van der Waals surface area contributed by atoms with Gasteiger partial charge in [-0.15, -0.1) is 0 Å². The molecule has 0 saturated heterocycles. The lowest BCUT2D eigenvalue weighted by Crippen LogP contribution is -2.46. The maximum absolute atomic E-state index is 13.4. The number of methoxy groups -OCH3 is 1. The van der Waals surface area contributed by atoms with Crippen LogP contribution in [0.1, 0.15) is 43.5 Å². The van der Waals surface area contributed by atoms with E-state index in [1.807, 2.05) is 32.0 Å². The van der Waals surface area contributed by atoms with Crippen molar-refractivity contribution in [3.05, 3.63) is 59.7 Å². The van der Waals surface area contributed by atoms with Gasteiger partial charge in [-0.3, -0.25) is 4.79 Å². The molecule has 1 aliphatic heterocycles. The molecular weight excluding hydrogens is 404 g/mol. The van der Waals surface area contributed by atoms with E-state index >= 15 is 0 Å². The molecule has 7 nitrogen and oxygen atoms in total. The minimum atomic E-state index is -3.60. The Balaban J connectivity index is 1.96. The van der Waals surface area contributed by atoms with Gasteiger partial charge in [0, 0.05) is 25.1 Å². The zero-order chi connectivity index (χ0) is 22.1. The summed E-state index contributed by atoms with van der Waals surface area (Å²) in [5, 5.41) is 3.05. The molecule has 1 N–H and O–H groups in total. The summed E-state index contributed by atoms with van der Waals surface area (Å²) in [7, 11) is -0.597. The van der Waals surface area contributed by atoms with Crippen molar-refractivity contribution < 1.29 is 22.7 Å². The molecule has 1 amide bonds. The maximum Gasteiger partial charge on any atom is 0.243 e. The fourth-order valence-electron chi connectivity index (χ4n) is 3.69. The maximum atomic E-state index is 13.4. The number of hydrogen-bond donors (Lipinski definition) is 1. The van der Waals surface area contributed by atoms with E-state index in [0.29, 0.717) is 23.5 Å². The van der Waals surface area contributed by atoms with E-state index in [9.17, 15) is 13.2 Å². The van der Waals surface area contributed by atoms with Crippen LogP contribution in [-0.2, 0) is 14.8 Å². The number of nitrogens with zero attached hydrogens (tertiary/aromatic N) is 1. The zero-order valence-corrected chi connectivity index (χ0v) is 18.7. The molecule has 3 rings (SSSR count). The lowest BCUT2D eigenvalue weighted by atomic mass is 9.89. The number of fused-ring (bicyclic) bond motifs is 1. The first-order chi connectivity index (χ1) is 14.0.